The third kappa shape index (κ3) is 3.08. The van der Waals surface area contributed by atoms with Gasteiger partial charge < -0.3 is 14.7 Å². The fourth-order valence-electron chi connectivity index (χ4n) is 2.12. The average molecular weight is 264 g/mol. The molecule has 1 aromatic heterocycles. The van der Waals surface area contributed by atoms with Gasteiger partial charge in [0, 0.05) is 26.4 Å². The minimum absolute atomic E-state index is 0.0605. The van der Waals surface area contributed by atoms with Crippen LogP contribution in [0.15, 0.2) is 18.3 Å². The molecule has 0 atom stereocenters. The maximum absolute atomic E-state index is 12.2. The smallest absolute Gasteiger partial charge is 0.354 e. The van der Waals surface area contributed by atoms with Crippen molar-refractivity contribution < 1.29 is 19.4 Å². The Morgan fingerprint density at radius 3 is 2.53 bits per heavy atom. The summed E-state index contributed by atoms with van der Waals surface area (Å²) in [5, 5.41) is 8.75. The van der Waals surface area contributed by atoms with Gasteiger partial charge in [-0.3, -0.25) is 4.79 Å². The second kappa shape index (κ2) is 5.79. The van der Waals surface area contributed by atoms with Crippen LogP contribution in [-0.2, 0) is 4.74 Å². The van der Waals surface area contributed by atoms with E-state index in [9.17, 15) is 9.59 Å². The molecular weight excluding hydrogens is 248 g/mol. The lowest BCUT2D eigenvalue weighted by Crippen LogP contribution is -2.40. The zero-order valence-corrected chi connectivity index (χ0v) is 10.7. The summed E-state index contributed by atoms with van der Waals surface area (Å²) in [5.74, 6) is -1.21. The second-order valence-corrected chi connectivity index (χ2v) is 4.46. The standard InChI is InChI=1S/C13H16N2O4/c1-19-10-4-6-15(7-5-10)12(16)9-2-3-11(13(17)18)14-8-9/h2-3,8,10H,4-7H2,1H3,(H,17,18). The Bertz CT molecular complexity index is 464. The number of hydrogen-bond donors (Lipinski definition) is 1. The van der Waals surface area contributed by atoms with E-state index in [0.29, 0.717) is 18.7 Å². The van der Waals surface area contributed by atoms with Crippen molar-refractivity contribution in [3.05, 3.63) is 29.6 Å². The van der Waals surface area contributed by atoms with E-state index in [2.05, 4.69) is 4.98 Å². The van der Waals surface area contributed by atoms with Crippen molar-refractivity contribution >= 4 is 11.9 Å². The number of piperidine rings is 1. The molecule has 1 saturated heterocycles. The molecule has 2 heterocycles. The van der Waals surface area contributed by atoms with E-state index in [1.54, 1.807) is 12.0 Å². The SMILES string of the molecule is COC1CCN(C(=O)c2ccc(C(=O)O)nc2)CC1. The molecular formula is C13H16N2O4. The number of aromatic carboxylic acids is 1. The molecule has 2 rings (SSSR count). The number of aromatic nitrogens is 1. The predicted molar refractivity (Wildman–Crippen MR) is 67.1 cm³/mol. The molecule has 1 fully saturated rings. The van der Waals surface area contributed by atoms with E-state index >= 15 is 0 Å². The summed E-state index contributed by atoms with van der Waals surface area (Å²) in [6, 6.07) is 2.85. The fraction of sp³-hybridized carbons (Fsp3) is 0.462. The number of hydrogen-bond acceptors (Lipinski definition) is 4. The maximum Gasteiger partial charge on any atom is 0.354 e. The van der Waals surface area contributed by atoms with Gasteiger partial charge in [-0.1, -0.05) is 0 Å². The molecule has 0 aliphatic carbocycles. The fourth-order valence-corrected chi connectivity index (χ4v) is 2.12. The molecule has 0 radical (unpaired) electrons. The highest BCUT2D eigenvalue weighted by Gasteiger charge is 2.23. The van der Waals surface area contributed by atoms with Crippen molar-refractivity contribution in [3.63, 3.8) is 0 Å². The molecule has 0 bridgehead atoms. The number of methoxy groups -OCH3 is 1. The summed E-state index contributed by atoms with van der Waals surface area (Å²) in [6.07, 6.45) is 3.18. The first-order valence-corrected chi connectivity index (χ1v) is 6.13. The Hall–Kier alpha value is -1.95. The number of carboxylic acid groups (broad SMARTS) is 1. The lowest BCUT2D eigenvalue weighted by Gasteiger charge is -2.31. The van der Waals surface area contributed by atoms with Crippen LogP contribution in [0.1, 0.15) is 33.7 Å². The van der Waals surface area contributed by atoms with Gasteiger partial charge in [0.15, 0.2) is 0 Å². The maximum atomic E-state index is 12.2. The Labute approximate surface area is 111 Å². The predicted octanol–water partition coefficient (Wildman–Crippen LogP) is 1.03. The molecule has 19 heavy (non-hydrogen) atoms. The molecule has 1 N–H and O–H groups in total. The molecule has 1 aromatic rings. The van der Waals surface area contributed by atoms with Gasteiger partial charge in [0.1, 0.15) is 5.69 Å². The number of likely N-dealkylation sites (tertiary alicyclic amines) is 1. The van der Waals surface area contributed by atoms with E-state index in [1.807, 2.05) is 0 Å². The summed E-state index contributed by atoms with van der Waals surface area (Å²) >= 11 is 0. The quantitative estimate of drug-likeness (QED) is 0.882. The number of amides is 1. The van der Waals surface area contributed by atoms with Crippen LogP contribution >= 0.6 is 0 Å². The largest absolute Gasteiger partial charge is 0.477 e. The van der Waals surface area contributed by atoms with E-state index in [-0.39, 0.29) is 17.7 Å². The third-order valence-corrected chi connectivity index (χ3v) is 3.29. The summed E-state index contributed by atoms with van der Waals surface area (Å²) in [6.45, 7) is 1.30. The van der Waals surface area contributed by atoms with Crippen LogP contribution in [0.4, 0.5) is 0 Å². The topological polar surface area (TPSA) is 79.7 Å². The first-order valence-electron chi connectivity index (χ1n) is 6.13. The minimum Gasteiger partial charge on any atom is -0.477 e. The first-order chi connectivity index (χ1) is 9.11. The molecule has 1 amide bonds. The van der Waals surface area contributed by atoms with Crippen LogP contribution in [-0.4, -0.2) is 53.2 Å². The number of rotatable bonds is 3. The third-order valence-electron chi connectivity index (χ3n) is 3.29. The van der Waals surface area contributed by atoms with Crippen LogP contribution < -0.4 is 0 Å². The first kappa shape index (κ1) is 13.5. The lowest BCUT2D eigenvalue weighted by atomic mass is 10.1. The Morgan fingerprint density at radius 2 is 2.05 bits per heavy atom. The van der Waals surface area contributed by atoms with Crippen molar-refractivity contribution in [1.82, 2.24) is 9.88 Å². The lowest BCUT2D eigenvalue weighted by molar-refractivity contribution is 0.0350. The minimum atomic E-state index is -1.10. The molecule has 6 heteroatoms. The molecule has 0 unspecified atom stereocenters. The van der Waals surface area contributed by atoms with Gasteiger partial charge in [0.05, 0.1) is 11.7 Å². The number of carboxylic acids is 1. The van der Waals surface area contributed by atoms with E-state index < -0.39 is 5.97 Å². The zero-order chi connectivity index (χ0) is 13.8. The van der Waals surface area contributed by atoms with Gasteiger partial charge in [-0.25, -0.2) is 9.78 Å². The van der Waals surface area contributed by atoms with Gasteiger partial charge in [-0.2, -0.15) is 0 Å². The second-order valence-electron chi connectivity index (χ2n) is 4.46. The van der Waals surface area contributed by atoms with Gasteiger partial charge in [-0.15, -0.1) is 0 Å². The number of nitrogens with zero attached hydrogens (tertiary/aromatic N) is 2. The van der Waals surface area contributed by atoms with Crippen LogP contribution in [0.2, 0.25) is 0 Å². The molecule has 0 aromatic carbocycles. The zero-order valence-electron chi connectivity index (χ0n) is 10.7. The summed E-state index contributed by atoms with van der Waals surface area (Å²) < 4.78 is 5.25. The number of ether oxygens (including phenoxy) is 1. The van der Waals surface area contributed by atoms with Crippen LogP contribution in [0.3, 0.4) is 0 Å². The molecule has 1 aliphatic heterocycles. The van der Waals surface area contributed by atoms with E-state index in [1.165, 1.54) is 18.3 Å². The van der Waals surface area contributed by atoms with Gasteiger partial charge in [-0.05, 0) is 25.0 Å². The molecule has 0 saturated carbocycles. The molecule has 102 valence electrons. The number of pyridine rings is 1. The van der Waals surface area contributed by atoms with Gasteiger partial charge in [0.25, 0.3) is 5.91 Å². The van der Waals surface area contributed by atoms with Crippen molar-refractivity contribution in [2.75, 3.05) is 20.2 Å². The van der Waals surface area contributed by atoms with E-state index in [0.717, 1.165) is 12.8 Å². The highest BCUT2D eigenvalue weighted by Crippen LogP contribution is 2.15. The Kier molecular flexibility index (Phi) is 4.11. The van der Waals surface area contributed by atoms with Crippen molar-refractivity contribution in [2.24, 2.45) is 0 Å². The molecule has 1 aliphatic rings. The highest BCUT2D eigenvalue weighted by molar-refractivity contribution is 5.94. The van der Waals surface area contributed by atoms with Crippen LogP contribution in [0.5, 0.6) is 0 Å². The summed E-state index contributed by atoms with van der Waals surface area (Å²) in [5.41, 5.74) is 0.357. The van der Waals surface area contributed by atoms with E-state index in [4.69, 9.17) is 9.84 Å². The monoisotopic (exact) mass is 264 g/mol. The van der Waals surface area contributed by atoms with Crippen molar-refractivity contribution in [3.8, 4) is 0 Å². The number of carbonyl (C=O) groups is 2. The van der Waals surface area contributed by atoms with Crippen molar-refractivity contribution in [2.45, 2.75) is 18.9 Å². The number of carbonyl (C=O) groups excluding carboxylic acids is 1. The average Bonchev–Trinajstić information content (AvgIpc) is 2.46. The van der Waals surface area contributed by atoms with Gasteiger partial charge >= 0.3 is 5.97 Å². The highest BCUT2D eigenvalue weighted by atomic mass is 16.5. The molecule has 0 spiro atoms. The van der Waals surface area contributed by atoms with Crippen LogP contribution in [0, 0.1) is 0 Å². The van der Waals surface area contributed by atoms with Crippen molar-refractivity contribution in [1.29, 1.82) is 0 Å². The van der Waals surface area contributed by atoms with Crippen LogP contribution in [0.25, 0.3) is 0 Å². The molecule has 6 nitrogen and oxygen atoms in total. The normalized spacial score (nSPS) is 16.4. The van der Waals surface area contributed by atoms with Gasteiger partial charge in [0.2, 0.25) is 0 Å². The Balaban J connectivity index is 2.02. The summed E-state index contributed by atoms with van der Waals surface area (Å²) in [4.78, 5) is 28.4. The summed E-state index contributed by atoms with van der Waals surface area (Å²) in [7, 11) is 1.68. The Morgan fingerprint density at radius 1 is 1.37 bits per heavy atom.